The summed E-state index contributed by atoms with van der Waals surface area (Å²) in [5, 5.41) is 0.197. The van der Waals surface area contributed by atoms with Crippen molar-refractivity contribution >= 4 is 33.4 Å². The topological polar surface area (TPSA) is 52.3 Å². The van der Waals surface area contributed by atoms with Gasteiger partial charge < -0.3 is 10.5 Å². The molecule has 0 bridgehead atoms. The fourth-order valence-corrected chi connectivity index (χ4v) is 2.20. The molecule has 2 aromatic carbocycles. The molecule has 0 aliphatic heterocycles. The van der Waals surface area contributed by atoms with Gasteiger partial charge in [0.05, 0.1) is 9.50 Å². The average Bonchev–Trinajstić information content (AvgIpc) is 2.32. The van der Waals surface area contributed by atoms with Crippen LogP contribution in [0.25, 0.3) is 0 Å². The zero-order chi connectivity index (χ0) is 14.0. The third kappa shape index (κ3) is 3.05. The Morgan fingerprint density at radius 1 is 1.26 bits per heavy atom. The van der Waals surface area contributed by atoms with E-state index < -0.39 is 11.7 Å². The van der Waals surface area contributed by atoms with Crippen molar-refractivity contribution < 1.29 is 13.9 Å². The standard InChI is InChI=1S/C13H8BrClFNO2/c14-8-6-7(16)4-5-10(8)19-11-3-1-2-9(15)12(11)13(17)18/h1-6H,(H2,17,18). The van der Waals surface area contributed by atoms with E-state index in [-0.39, 0.29) is 16.3 Å². The van der Waals surface area contributed by atoms with Gasteiger partial charge in [-0.1, -0.05) is 17.7 Å². The van der Waals surface area contributed by atoms with Gasteiger partial charge in [-0.15, -0.1) is 0 Å². The van der Waals surface area contributed by atoms with Crippen molar-refractivity contribution in [2.45, 2.75) is 0 Å². The molecule has 0 radical (unpaired) electrons. The van der Waals surface area contributed by atoms with E-state index in [2.05, 4.69) is 15.9 Å². The summed E-state index contributed by atoms with van der Waals surface area (Å²) < 4.78 is 18.9. The second-order valence-electron chi connectivity index (χ2n) is 3.65. The maximum Gasteiger partial charge on any atom is 0.254 e. The Labute approximate surface area is 122 Å². The van der Waals surface area contributed by atoms with Gasteiger partial charge in [0.1, 0.15) is 22.9 Å². The Hall–Kier alpha value is -1.59. The number of carbonyl (C=O) groups excluding carboxylic acids is 1. The third-order valence-electron chi connectivity index (χ3n) is 2.34. The van der Waals surface area contributed by atoms with E-state index in [0.717, 1.165) is 0 Å². The van der Waals surface area contributed by atoms with Crippen LogP contribution in [0.2, 0.25) is 5.02 Å². The molecule has 2 rings (SSSR count). The Kier molecular flexibility index (Phi) is 4.07. The summed E-state index contributed by atoms with van der Waals surface area (Å²) in [6.45, 7) is 0. The first-order valence-electron chi connectivity index (χ1n) is 5.20. The lowest BCUT2D eigenvalue weighted by Crippen LogP contribution is -2.13. The molecule has 0 aliphatic rings. The number of carbonyl (C=O) groups is 1. The number of hydrogen-bond donors (Lipinski definition) is 1. The second-order valence-corrected chi connectivity index (χ2v) is 4.92. The van der Waals surface area contributed by atoms with Crippen molar-refractivity contribution in [3.05, 3.63) is 57.3 Å². The van der Waals surface area contributed by atoms with Crippen molar-refractivity contribution in [2.24, 2.45) is 5.73 Å². The molecule has 0 fully saturated rings. The summed E-state index contributed by atoms with van der Waals surface area (Å²) in [5.74, 6) is -0.530. The van der Waals surface area contributed by atoms with Crippen LogP contribution < -0.4 is 10.5 Å². The van der Waals surface area contributed by atoms with Crippen LogP contribution in [0.3, 0.4) is 0 Å². The highest BCUT2D eigenvalue weighted by molar-refractivity contribution is 9.10. The molecule has 0 heterocycles. The number of ether oxygens (including phenoxy) is 1. The van der Waals surface area contributed by atoms with E-state index in [4.69, 9.17) is 22.1 Å². The number of benzene rings is 2. The highest BCUT2D eigenvalue weighted by Crippen LogP contribution is 2.34. The fraction of sp³-hybridized carbons (Fsp3) is 0. The van der Waals surface area contributed by atoms with Gasteiger partial charge in [-0.05, 0) is 46.3 Å². The fourth-order valence-electron chi connectivity index (χ4n) is 1.50. The van der Waals surface area contributed by atoms with Gasteiger partial charge >= 0.3 is 0 Å². The molecule has 3 nitrogen and oxygen atoms in total. The van der Waals surface area contributed by atoms with E-state index in [1.54, 1.807) is 12.1 Å². The lowest BCUT2D eigenvalue weighted by molar-refractivity contribution is 0.0998. The van der Waals surface area contributed by atoms with E-state index in [1.807, 2.05) is 0 Å². The molecule has 2 N–H and O–H groups in total. The molecule has 0 aromatic heterocycles. The zero-order valence-electron chi connectivity index (χ0n) is 9.49. The predicted molar refractivity (Wildman–Crippen MR) is 74.1 cm³/mol. The van der Waals surface area contributed by atoms with Crippen LogP contribution >= 0.6 is 27.5 Å². The van der Waals surface area contributed by atoms with Crippen LogP contribution in [0, 0.1) is 5.82 Å². The monoisotopic (exact) mass is 343 g/mol. The first-order valence-corrected chi connectivity index (χ1v) is 6.37. The molecule has 19 heavy (non-hydrogen) atoms. The highest BCUT2D eigenvalue weighted by atomic mass is 79.9. The number of halogens is 3. The number of nitrogens with two attached hydrogens (primary N) is 1. The zero-order valence-corrected chi connectivity index (χ0v) is 11.8. The van der Waals surface area contributed by atoms with E-state index in [0.29, 0.717) is 10.2 Å². The Balaban J connectivity index is 2.44. The number of amides is 1. The van der Waals surface area contributed by atoms with Gasteiger partial charge in [0.25, 0.3) is 5.91 Å². The van der Waals surface area contributed by atoms with Crippen LogP contribution in [0.4, 0.5) is 4.39 Å². The lowest BCUT2D eigenvalue weighted by Gasteiger charge is -2.11. The van der Waals surface area contributed by atoms with Gasteiger partial charge in [-0.2, -0.15) is 0 Å². The molecule has 0 aliphatic carbocycles. The van der Waals surface area contributed by atoms with Crippen LogP contribution in [0.15, 0.2) is 40.9 Å². The SMILES string of the molecule is NC(=O)c1c(Cl)cccc1Oc1ccc(F)cc1Br. The summed E-state index contributed by atoms with van der Waals surface area (Å²) in [5.41, 5.74) is 5.34. The molecule has 0 atom stereocenters. The summed E-state index contributed by atoms with van der Waals surface area (Å²) in [6.07, 6.45) is 0. The Morgan fingerprint density at radius 3 is 2.63 bits per heavy atom. The van der Waals surface area contributed by atoms with Crippen LogP contribution in [0.5, 0.6) is 11.5 Å². The molecular weight excluding hydrogens is 337 g/mol. The first-order chi connectivity index (χ1) is 8.99. The minimum Gasteiger partial charge on any atom is -0.455 e. The lowest BCUT2D eigenvalue weighted by atomic mass is 10.2. The molecule has 0 spiro atoms. The molecule has 2 aromatic rings. The van der Waals surface area contributed by atoms with Crippen LogP contribution in [-0.4, -0.2) is 5.91 Å². The molecule has 0 unspecified atom stereocenters. The van der Waals surface area contributed by atoms with Gasteiger partial charge in [0, 0.05) is 0 Å². The highest BCUT2D eigenvalue weighted by Gasteiger charge is 2.15. The van der Waals surface area contributed by atoms with Crippen molar-refractivity contribution in [2.75, 3.05) is 0 Å². The summed E-state index contributed by atoms with van der Waals surface area (Å²) >= 11 is 9.07. The molecule has 0 saturated carbocycles. The summed E-state index contributed by atoms with van der Waals surface area (Å²) in [4.78, 5) is 11.4. The maximum atomic E-state index is 13.0. The first kappa shape index (κ1) is 13.8. The molecular formula is C13H8BrClFNO2. The number of rotatable bonds is 3. The van der Waals surface area contributed by atoms with Crippen molar-refractivity contribution in [1.29, 1.82) is 0 Å². The van der Waals surface area contributed by atoms with Crippen molar-refractivity contribution in [1.82, 2.24) is 0 Å². The van der Waals surface area contributed by atoms with Gasteiger partial charge in [0.2, 0.25) is 0 Å². The molecule has 6 heteroatoms. The molecule has 98 valence electrons. The largest absolute Gasteiger partial charge is 0.455 e. The van der Waals surface area contributed by atoms with Gasteiger partial charge in [-0.25, -0.2) is 4.39 Å². The van der Waals surface area contributed by atoms with E-state index in [1.165, 1.54) is 24.3 Å². The van der Waals surface area contributed by atoms with Gasteiger partial charge in [0.15, 0.2) is 0 Å². The number of hydrogen-bond acceptors (Lipinski definition) is 2. The minimum absolute atomic E-state index is 0.0837. The normalized spacial score (nSPS) is 10.3. The third-order valence-corrected chi connectivity index (χ3v) is 3.27. The summed E-state index contributed by atoms with van der Waals surface area (Å²) in [7, 11) is 0. The van der Waals surface area contributed by atoms with Crippen molar-refractivity contribution in [3.63, 3.8) is 0 Å². The molecule has 1 amide bonds. The average molecular weight is 345 g/mol. The van der Waals surface area contributed by atoms with Crippen LogP contribution in [-0.2, 0) is 0 Å². The predicted octanol–water partition coefficient (Wildman–Crippen LogP) is 4.13. The van der Waals surface area contributed by atoms with E-state index >= 15 is 0 Å². The minimum atomic E-state index is -0.696. The smallest absolute Gasteiger partial charge is 0.254 e. The Bertz CT molecular complexity index is 649. The molecule has 0 saturated heterocycles. The van der Waals surface area contributed by atoms with Crippen molar-refractivity contribution in [3.8, 4) is 11.5 Å². The van der Waals surface area contributed by atoms with Crippen LogP contribution in [0.1, 0.15) is 10.4 Å². The quantitative estimate of drug-likeness (QED) is 0.910. The maximum absolute atomic E-state index is 13.0. The van der Waals surface area contributed by atoms with Gasteiger partial charge in [-0.3, -0.25) is 4.79 Å². The van der Waals surface area contributed by atoms with E-state index in [9.17, 15) is 9.18 Å². The second kappa shape index (κ2) is 5.59. The number of primary amides is 1. The Morgan fingerprint density at radius 2 is 2.00 bits per heavy atom. The summed E-state index contributed by atoms with van der Waals surface area (Å²) in [6, 6.07) is 8.65.